The lowest BCUT2D eigenvalue weighted by molar-refractivity contribution is 0.111. The number of aliphatic hydroxyl groups excluding tert-OH is 1. The molecule has 0 bridgehead atoms. The van der Waals surface area contributed by atoms with E-state index in [0.29, 0.717) is 31.0 Å². The van der Waals surface area contributed by atoms with E-state index in [0.717, 1.165) is 38.7 Å². The third kappa shape index (κ3) is 18.2. The fourth-order valence-electron chi connectivity index (χ4n) is 2.89. The van der Waals surface area contributed by atoms with Gasteiger partial charge in [-0.2, -0.15) is 20.4 Å². The predicted molar refractivity (Wildman–Crippen MR) is 165 cm³/mol. The zero-order valence-corrected chi connectivity index (χ0v) is 25.7. The summed E-state index contributed by atoms with van der Waals surface area (Å²) in [6.07, 6.45) is 12.0. The number of rotatable bonds is 7. The number of nitrogens with zero attached hydrogens (tertiary/aromatic N) is 13. The van der Waals surface area contributed by atoms with Gasteiger partial charge in [0, 0.05) is 46.0 Å². The minimum absolute atomic E-state index is 0. The largest absolute Gasteiger partial charge is 0.411 e. The van der Waals surface area contributed by atoms with Gasteiger partial charge in [0.15, 0.2) is 17.9 Å². The Balaban J connectivity index is 0. The molecular formula is C26H50N14O4. The maximum atomic E-state index is 10.1. The zero-order valence-electron chi connectivity index (χ0n) is 25.7. The van der Waals surface area contributed by atoms with E-state index in [-0.39, 0.29) is 14.0 Å². The highest BCUT2D eigenvalue weighted by Crippen LogP contribution is 1.98. The van der Waals surface area contributed by atoms with Crippen LogP contribution in [-0.4, -0.2) is 102 Å². The van der Waals surface area contributed by atoms with Gasteiger partial charge in [-0.15, -0.1) is 0 Å². The molecule has 4 aromatic rings. The molecule has 0 unspecified atom stereocenters. The first-order valence-electron chi connectivity index (χ1n) is 14.0. The smallest absolute Gasteiger partial charge is 0.191 e. The zero-order chi connectivity index (χ0) is 32.1. The lowest BCUT2D eigenvalue weighted by Crippen LogP contribution is -2.08. The highest BCUT2D eigenvalue weighted by atomic mass is 16.5. The molecule has 5 heterocycles. The molecule has 0 aliphatic carbocycles. The van der Waals surface area contributed by atoms with Gasteiger partial charge in [-0.05, 0) is 47.5 Å². The summed E-state index contributed by atoms with van der Waals surface area (Å²) in [5, 5.41) is 34.0. The van der Waals surface area contributed by atoms with Crippen LogP contribution in [0.2, 0.25) is 0 Å². The van der Waals surface area contributed by atoms with Crippen LogP contribution in [0.1, 0.15) is 77.2 Å². The molecular weight excluding hydrogens is 572 g/mol. The normalized spacial score (nSPS) is 11.1. The van der Waals surface area contributed by atoms with Crippen molar-refractivity contribution in [3.05, 3.63) is 49.1 Å². The second kappa shape index (κ2) is 28.7. The average molecular weight is 623 g/mol. The van der Waals surface area contributed by atoms with Crippen molar-refractivity contribution in [3.8, 4) is 0 Å². The third-order valence-corrected chi connectivity index (χ3v) is 4.96. The minimum Gasteiger partial charge on any atom is -0.411 e. The average Bonchev–Trinajstić information content (AvgIpc) is 3.89. The summed E-state index contributed by atoms with van der Waals surface area (Å²) in [4.78, 5) is 25.3. The molecule has 0 saturated carbocycles. The highest BCUT2D eigenvalue weighted by molar-refractivity contribution is 5.73. The summed E-state index contributed by atoms with van der Waals surface area (Å²) in [6.45, 7) is 15.4. The van der Waals surface area contributed by atoms with E-state index in [1.54, 1.807) is 27.3 Å². The summed E-state index contributed by atoms with van der Waals surface area (Å²) in [6, 6.07) is 0. The van der Waals surface area contributed by atoms with Crippen LogP contribution in [0.5, 0.6) is 0 Å². The first-order chi connectivity index (χ1) is 21.0. The number of aryl methyl sites for hydroxylation is 4. The Labute approximate surface area is 259 Å². The Kier molecular flexibility index (Phi) is 27.2. The second-order valence-corrected chi connectivity index (χ2v) is 7.81. The maximum absolute atomic E-state index is 10.1. The monoisotopic (exact) mass is 622 g/mol. The summed E-state index contributed by atoms with van der Waals surface area (Å²) in [5.74, 6) is 1.79. The fraction of sp³-hybridized carbons (Fsp3) is 0.615. The number of oxime groups is 1. The first-order valence-corrected chi connectivity index (χ1v) is 14.0. The van der Waals surface area contributed by atoms with Crippen molar-refractivity contribution >= 4 is 12.5 Å². The highest BCUT2D eigenvalue weighted by Gasteiger charge is 1.98. The predicted octanol–water partition coefficient (Wildman–Crippen LogP) is 1.70. The van der Waals surface area contributed by atoms with Gasteiger partial charge in [-0.1, -0.05) is 12.6 Å². The minimum atomic E-state index is 0. The molecule has 0 spiro atoms. The fourth-order valence-corrected chi connectivity index (χ4v) is 2.89. The van der Waals surface area contributed by atoms with Crippen molar-refractivity contribution in [1.29, 1.82) is 0 Å². The lowest BCUT2D eigenvalue weighted by atomic mass is 10.4. The number of aromatic nitrogens is 12. The Morgan fingerprint density at radius 2 is 1.36 bits per heavy atom. The molecule has 0 radical (unpaired) electrons. The van der Waals surface area contributed by atoms with Crippen molar-refractivity contribution in [2.24, 2.45) is 10.9 Å². The number of carbonyl (C=O) groups is 1. The van der Waals surface area contributed by atoms with Crippen LogP contribution in [0.4, 0.5) is 0 Å². The van der Waals surface area contributed by atoms with Crippen LogP contribution in [0.25, 0.3) is 0 Å². The molecule has 5 rings (SSSR count). The number of aliphatic hydroxyl groups is 1. The van der Waals surface area contributed by atoms with E-state index in [4.69, 9.17) is 20.8 Å². The molecule has 1 aliphatic rings. The van der Waals surface area contributed by atoms with Crippen molar-refractivity contribution in [2.45, 2.75) is 87.6 Å². The van der Waals surface area contributed by atoms with Crippen molar-refractivity contribution in [3.63, 3.8) is 0 Å². The number of carbonyl (C=O) groups excluding carboxylic acids is 1. The summed E-state index contributed by atoms with van der Waals surface area (Å²) in [7, 11) is 0. The summed E-state index contributed by atoms with van der Waals surface area (Å²) < 4.78 is 11.6. The first kappa shape index (κ1) is 41.7. The number of ether oxygens (including phenoxy) is 1. The number of hydrogen-bond donors (Lipinski definition) is 3. The third-order valence-electron chi connectivity index (χ3n) is 4.96. The molecule has 1 saturated heterocycles. The van der Waals surface area contributed by atoms with Crippen molar-refractivity contribution < 1.29 is 19.8 Å². The molecule has 1 fully saturated rings. The Morgan fingerprint density at radius 1 is 0.841 bits per heavy atom. The van der Waals surface area contributed by atoms with Gasteiger partial charge >= 0.3 is 0 Å². The van der Waals surface area contributed by atoms with Crippen LogP contribution < -0.4 is 5.73 Å². The molecule has 18 heteroatoms. The molecule has 248 valence electrons. The van der Waals surface area contributed by atoms with Crippen LogP contribution in [0, 0.1) is 0 Å². The Morgan fingerprint density at radius 3 is 1.70 bits per heavy atom. The van der Waals surface area contributed by atoms with Gasteiger partial charge in [0.2, 0.25) is 0 Å². The summed E-state index contributed by atoms with van der Waals surface area (Å²) >= 11 is 0. The van der Waals surface area contributed by atoms with E-state index in [2.05, 4.69) is 45.5 Å². The number of nitrogens with two attached hydrogens (primary N) is 1. The topological polar surface area (TPSA) is 228 Å². The second-order valence-electron chi connectivity index (χ2n) is 7.81. The van der Waals surface area contributed by atoms with Gasteiger partial charge in [-0.3, -0.25) is 9.48 Å². The Bertz CT molecular complexity index is 1160. The van der Waals surface area contributed by atoms with Gasteiger partial charge < -0.3 is 20.8 Å². The van der Waals surface area contributed by atoms with Gasteiger partial charge in [0.25, 0.3) is 0 Å². The molecule has 4 aromatic heterocycles. The standard InChI is InChI=1S/C5H8N4O.C5H10N4.C5H7N3O.C4H7N3.C4H8O.C2H6O.CH4/c1-2-9-5(3-8-10)6-4-7-9;1-2-9-5(3-6)7-4-8-9;1-2-8-5(3-9)6-4-7-8;1-2-7-4-5-3-6-7;1-2-4-5-3-1;1-2-3;/h3-4,10H,2H2,1H3;4H,2-3,6H2,1H3;3-4H,2H2,1H3;3-4H,2H2,1H3;1-4H2;3H,2H2,1H3;1H4/b8-3+;;;;;;. The van der Waals surface area contributed by atoms with E-state index < -0.39 is 0 Å². The quantitative estimate of drug-likeness (QED) is 0.115. The Hall–Kier alpha value is -4.42. The van der Waals surface area contributed by atoms with Gasteiger partial charge in [-0.25, -0.2) is 34.0 Å². The summed E-state index contributed by atoms with van der Waals surface area (Å²) in [5.41, 5.74) is 5.35. The molecule has 0 aromatic carbocycles. The maximum Gasteiger partial charge on any atom is 0.191 e. The van der Waals surface area contributed by atoms with Crippen LogP contribution in [0.15, 0.2) is 36.8 Å². The van der Waals surface area contributed by atoms with Crippen LogP contribution in [-0.2, 0) is 37.5 Å². The molecule has 1 aliphatic heterocycles. The molecule has 44 heavy (non-hydrogen) atoms. The van der Waals surface area contributed by atoms with Crippen molar-refractivity contribution in [2.75, 3.05) is 19.8 Å². The van der Waals surface area contributed by atoms with Gasteiger partial charge in [0.1, 0.15) is 43.7 Å². The molecule has 0 amide bonds. The van der Waals surface area contributed by atoms with E-state index in [1.165, 1.54) is 49.0 Å². The van der Waals surface area contributed by atoms with E-state index in [1.807, 2.05) is 27.7 Å². The van der Waals surface area contributed by atoms with Gasteiger partial charge in [0.05, 0.1) is 6.54 Å². The van der Waals surface area contributed by atoms with Crippen LogP contribution in [0.3, 0.4) is 0 Å². The lowest BCUT2D eigenvalue weighted by Gasteiger charge is -1.96. The molecule has 18 nitrogen and oxygen atoms in total. The van der Waals surface area contributed by atoms with E-state index in [9.17, 15) is 4.79 Å². The molecule has 0 atom stereocenters. The SMILES string of the molecule is C.C1CCOC1.CCO.CCn1cncn1.CCn1ncnc1/C=N/O.CCn1ncnc1C=O.CCn1ncnc1CN. The van der Waals surface area contributed by atoms with E-state index >= 15 is 0 Å². The molecule has 4 N–H and O–H groups in total. The number of aldehydes is 1. The van der Waals surface area contributed by atoms with Crippen LogP contribution >= 0.6 is 0 Å². The van der Waals surface area contributed by atoms with Crippen molar-refractivity contribution in [1.82, 2.24) is 59.1 Å². The number of hydrogen-bond acceptors (Lipinski definition) is 14.